The fourth-order valence-corrected chi connectivity index (χ4v) is 2.34. The van der Waals surface area contributed by atoms with E-state index in [1.165, 1.54) is 25.7 Å². The molecule has 1 heterocycles. The zero-order valence-corrected chi connectivity index (χ0v) is 10.00. The first kappa shape index (κ1) is 12.7. The molecule has 0 amide bonds. The van der Waals surface area contributed by atoms with Gasteiger partial charge in [-0.2, -0.15) is 0 Å². The molecule has 0 aromatic rings. The number of rotatable bonds is 5. The number of methoxy groups -OCH3 is 1. The van der Waals surface area contributed by atoms with E-state index in [9.17, 15) is 4.79 Å². The van der Waals surface area contributed by atoms with Crippen LogP contribution < -0.4 is 0 Å². The first-order valence-electron chi connectivity index (χ1n) is 6.02. The van der Waals surface area contributed by atoms with Crippen LogP contribution in [0.4, 0.5) is 0 Å². The largest absolute Gasteiger partial charge is 0.377 e. The molecule has 1 fully saturated rings. The van der Waals surface area contributed by atoms with Gasteiger partial charge in [0, 0.05) is 13.2 Å². The molecule has 1 aliphatic rings. The summed E-state index contributed by atoms with van der Waals surface area (Å²) in [5, 5.41) is 0. The van der Waals surface area contributed by atoms with Crippen LogP contribution in [0.25, 0.3) is 0 Å². The molecular weight excluding hydrogens is 190 g/mol. The molecule has 0 spiro atoms. The SMILES string of the molecule is CCC1CCCCCN1CC(=O)COC. The molecule has 88 valence electrons. The summed E-state index contributed by atoms with van der Waals surface area (Å²) in [6.07, 6.45) is 6.26. The highest BCUT2D eigenvalue weighted by Crippen LogP contribution is 2.18. The molecule has 1 aliphatic heterocycles. The minimum absolute atomic E-state index is 0.206. The topological polar surface area (TPSA) is 29.5 Å². The third kappa shape index (κ3) is 4.31. The van der Waals surface area contributed by atoms with Crippen molar-refractivity contribution in [2.45, 2.75) is 45.1 Å². The number of Topliss-reactive ketones (excluding diaryl/α,β-unsaturated/α-hetero) is 1. The molecule has 0 radical (unpaired) electrons. The lowest BCUT2D eigenvalue weighted by Gasteiger charge is -2.28. The monoisotopic (exact) mass is 213 g/mol. The molecule has 15 heavy (non-hydrogen) atoms. The first-order chi connectivity index (χ1) is 7.27. The summed E-state index contributed by atoms with van der Waals surface area (Å²) in [7, 11) is 1.58. The Morgan fingerprint density at radius 1 is 1.40 bits per heavy atom. The number of carbonyl (C=O) groups is 1. The molecular formula is C12H23NO2. The lowest BCUT2D eigenvalue weighted by molar-refractivity contribution is -0.124. The van der Waals surface area contributed by atoms with Crippen molar-refractivity contribution in [1.29, 1.82) is 0 Å². The second-order valence-corrected chi connectivity index (χ2v) is 4.35. The maximum atomic E-state index is 11.5. The van der Waals surface area contributed by atoms with Gasteiger partial charge in [-0.15, -0.1) is 0 Å². The highest BCUT2D eigenvalue weighted by Gasteiger charge is 2.21. The quantitative estimate of drug-likeness (QED) is 0.698. The maximum absolute atomic E-state index is 11.5. The van der Waals surface area contributed by atoms with Crippen LogP contribution in [0.15, 0.2) is 0 Å². The van der Waals surface area contributed by atoms with Crippen LogP contribution in [0, 0.1) is 0 Å². The lowest BCUT2D eigenvalue weighted by Crippen LogP contribution is -2.39. The second kappa shape index (κ2) is 6.96. The van der Waals surface area contributed by atoms with E-state index in [2.05, 4.69) is 11.8 Å². The fraction of sp³-hybridized carbons (Fsp3) is 0.917. The molecule has 0 aliphatic carbocycles. The van der Waals surface area contributed by atoms with Crippen molar-refractivity contribution < 1.29 is 9.53 Å². The van der Waals surface area contributed by atoms with Crippen LogP contribution in [-0.4, -0.2) is 43.5 Å². The number of ether oxygens (including phenoxy) is 1. The minimum atomic E-state index is 0.206. The summed E-state index contributed by atoms with van der Waals surface area (Å²) in [5.74, 6) is 0.206. The smallest absolute Gasteiger partial charge is 0.172 e. The molecule has 1 atom stereocenters. The van der Waals surface area contributed by atoms with E-state index < -0.39 is 0 Å². The van der Waals surface area contributed by atoms with Crippen molar-refractivity contribution in [3.05, 3.63) is 0 Å². The van der Waals surface area contributed by atoms with Crippen LogP contribution in [0.1, 0.15) is 39.0 Å². The van der Waals surface area contributed by atoms with Crippen LogP contribution >= 0.6 is 0 Å². The summed E-state index contributed by atoms with van der Waals surface area (Å²) in [6, 6.07) is 0.605. The van der Waals surface area contributed by atoms with Crippen molar-refractivity contribution in [3.63, 3.8) is 0 Å². The Kier molecular flexibility index (Phi) is 5.88. The molecule has 3 heteroatoms. The molecule has 0 aromatic carbocycles. The Morgan fingerprint density at radius 2 is 2.20 bits per heavy atom. The Bertz CT molecular complexity index is 194. The van der Waals surface area contributed by atoms with Gasteiger partial charge in [0.25, 0.3) is 0 Å². The molecule has 0 N–H and O–H groups in total. The van der Waals surface area contributed by atoms with Crippen LogP contribution in [0.5, 0.6) is 0 Å². The van der Waals surface area contributed by atoms with Crippen molar-refractivity contribution in [2.75, 3.05) is 26.8 Å². The Morgan fingerprint density at radius 3 is 2.87 bits per heavy atom. The molecule has 1 unspecified atom stereocenters. The summed E-state index contributed by atoms with van der Waals surface area (Å²) in [5.41, 5.74) is 0. The van der Waals surface area contributed by atoms with Gasteiger partial charge in [0.1, 0.15) is 6.61 Å². The van der Waals surface area contributed by atoms with Crippen molar-refractivity contribution in [1.82, 2.24) is 4.90 Å². The van der Waals surface area contributed by atoms with Gasteiger partial charge in [0.2, 0.25) is 0 Å². The standard InChI is InChI=1S/C12H23NO2/c1-3-11-7-5-4-6-8-13(11)9-12(14)10-15-2/h11H,3-10H2,1-2H3. The number of hydrogen-bond acceptors (Lipinski definition) is 3. The summed E-state index contributed by atoms with van der Waals surface area (Å²) < 4.78 is 4.87. The van der Waals surface area contributed by atoms with Gasteiger partial charge in [0.15, 0.2) is 5.78 Å². The van der Waals surface area contributed by atoms with E-state index in [1.54, 1.807) is 7.11 Å². The van der Waals surface area contributed by atoms with E-state index in [1.807, 2.05) is 0 Å². The van der Waals surface area contributed by atoms with Gasteiger partial charge in [-0.05, 0) is 25.8 Å². The average Bonchev–Trinajstić information content (AvgIpc) is 2.43. The number of nitrogens with zero attached hydrogens (tertiary/aromatic N) is 1. The van der Waals surface area contributed by atoms with E-state index in [-0.39, 0.29) is 12.4 Å². The second-order valence-electron chi connectivity index (χ2n) is 4.35. The number of hydrogen-bond donors (Lipinski definition) is 0. The van der Waals surface area contributed by atoms with E-state index in [4.69, 9.17) is 4.74 Å². The molecule has 0 saturated carbocycles. The Hall–Kier alpha value is -0.410. The highest BCUT2D eigenvalue weighted by molar-refractivity contribution is 5.81. The van der Waals surface area contributed by atoms with E-state index >= 15 is 0 Å². The van der Waals surface area contributed by atoms with Crippen molar-refractivity contribution >= 4 is 5.78 Å². The fourth-order valence-electron chi connectivity index (χ4n) is 2.34. The maximum Gasteiger partial charge on any atom is 0.172 e. The van der Waals surface area contributed by atoms with Gasteiger partial charge in [-0.25, -0.2) is 0 Å². The van der Waals surface area contributed by atoms with Crippen LogP contribution in [-0.2, 0) is 9.53 Å². The summed E-state index contributed by atoms with van der Waals surface area (Å²) in [4.78, 5) is 13.9. The zero-order chi connectivity index (χ0) is 11.1. The van der Waals surface area contributed by atoms with E-state index in [0.717, 1.165) is 13.0 Å². The number of ketones is 1. The summed E-state index contributed by atoms with van der Waals surface area (Å²) in [6.45, 7) is 4.12. The van der Waals surface area contributed by atoms with Gasteiger partial charge < -0.3 is 4.74 Å². The first-order valence-corrected chi connectivity index (χ1v) is 6.02. The Labute approximate surface area is 92.8 Å². The van der Waals surface area contributed by atoms with Crippen molar-refractivity contribution in [2.24, 2.45) is 0 Å². The van der Waals surface area contributed by atoms with Crippen LogP contribution in [0.3, 0.4) is 0 Å². The molecule has 1 rings (SSSR count). The van der Waals surface area contributed by atoms with Gasteiger partial charge >= 0.3 is 0 Å². The van der Waals surface area contributed by atoms with Gasteiger partial charge in [-0.1, -0.05) is 19.8 Å². The number of likely N-dealkylation sites (tertiary alicyclic amines) is 1. The van der Waals surface area contributed by atoms with Crippen LogP contribution in [0.2, 0.25) is 0 Å². The highest BCUT2D eigenvalue weighted by atomic mass is 16.5. The third-order valence-corrected chi connectivity index (χ3v) is 3.16. The number of carbonyl (C=O) groups excluding carboxylic acids is 1. The Balaban J connectivity index is 2.43. The third-order valence-electron chi connectivity index (χ3n) is 3.16. The molecule has 1 saturated heterocycles. The molecule has 0 aromatic heterocycles. The lowest BCUT2D eigenvalue weighted by atomic mass is 10.1. The minimum Gasteiger partial charge on any atom is -0.377 e. The predicted molar refractivity (Wildman–Crippen MR) is 61.0 cm³/mol. The summed E-state index contributed by atoms with van der Waals surface area (Å²) >= 11 is 0. The zero-order valence-electron chi connectivity index (χ0n) is 10.00. The predicted octanol–water partition coefficient (Wildman–Crippen LogP) is 1.86. The van der Waals surface area contributed by atoms with Gasteiger partial charge in [-0.3, -0.25) is 9.69 Å². The van der Waals surface area contributed by atoms with E-state index in [0.29, 0.717) is 12.6 Å². The normalized spacial score (nSPS) is 23.7. The average molecular weight is 213 g/mol. The van der Waals surface area contributed by atoms with Gasteiger partial charge in [0.05, 0.1) is 6.54 Å². The molecule has 0 bridgehead atoms. The molecule has 3 nitrogen and oxygen atoms in total. The van der Waals surface area contributed by atoms with Crippen molar-refractivity contribution in [3.8, 4) is 0 Å².